The topological polar surface area (TPSA) is 43.6 Å². The number of hydrogen-bond donors (Lipinski definition) is 1. The number of fused-ring (bicyclic) bond motifs is 3. The maximum Gasteiger partial charge on any atom is 0.162 e. The number of benzene rings is 2. The van der Waals surface area contributed by atoms with Crippen LogP contribution < -0.4 is 9.47 Å². The Kier molecular flexibility index (Phi) is 4.19. The Morgan fingerprint density at radius 3 is 2.71 bits per heavy atom. The molecule has 5 heteroatoms. The predicted molar refractivity (Wildman–Crippen MR) is 110 cm³/mol. The van der Waals surface area contributed by atoms with Crippen molar-refractivity contribution < 1.29 is 14.6 Å². The van der Waals surface area contributed by atoms with Gasteiger partial charge in [-0.2, -0.15) is 0 Å². The first-order valence-electron chi connectivity index (χ1n) is 9.08. The van der Waals surface area contributed by atoms with E-state index >= 15 is 0 Å². The molecule has 5 rings (SSSR count). The van der Waals surface area contributed by atoms with E-state index in [0.29, 0.717) is 18.1 Å². The lowest BCUT2D eigenvalue weighted by Crippen LogP contribution is -1.98. The van der Waals surface area contributed by atoms with Crippen LogP contribution in [0.15, 0.2) is 72.2 Å². The summed E-state index contributed by atoms with van der Waals surface area (Å²) in [6, 6.07) is 20.0. The van der Waals surface area contributed by atoms with Gasteiger partial charge < -0.3 is 19.1 Å². The third-order valence-electron chi connectivity index (χ3n) is 5.05. The van der Waals surface area contributed by atoms with E-state index in [9.17, 15) is 5.11 Å². The van der Waals surface area contributed by atoms with Gasteiger partial charge in [-0.3, -0.25) is 0 Å². The summed E-state index contributed by atoms with van der Waals surface area (Å²) < 4.78 is 13.6. The number of thiophene rings is 1. The molecule has 0 saturated heterocycles. The van der Waals surface area contributed by atoms with Gasteiger partial charge in [-0.05, 0) is 35.4 Å². The maximum absolute atomic E-state index is 10.6. The maximum atomic E-state index is 10.6. The Labute approximate surface area is 167 Å². The summed E-state index contributed by atoms with van der Waals surface area (Å²) in [5, 5.41) is 12.7. The van der Waals surface area contributed by atoms with Crippen LogP contribution in [-0.4, -0.2) is 16.8 Å². The van der Waals surface area contributed by atoms with Crippen molar-refractivity contribution in [3.63, 3.8) is 0 Å². The van der Waals surface area contributed by atoms with E-state index in [-0.39, 0.29) is 0 Å². The first-order chi connectivity index (χ1) is 13.8. The minimum absolute atomic E-state index is 0.475. The zero-order valence-electron chi connectivity index (χ0n) is 15.3. The molecule has 0 spiro atoms. The highest BCUT2D eigenvalue weighted by molar-refractivity contribution is 7.11. The number of nitrogens with zero attached hydrogens (tertiary/aromatic N) is 1. The monoisotopic (exact) mass is 389 g/mol. The van der Waals surface area contributed by atoms with Gasteiger partial charge >= 0.3 is 0 Å². The minimum atomic E-state index is -0.559. The molecular formula is C23H19NO3S. The zero-order chi connectivity index (χ0) is 19.1. The van der Waals surface area contributed by atoms with Crippen LogP contribution in [0.3, 0.4) is 0 Å². The van der Waals surface area contributed by atoms with Crippen LogP contribution >= 0.6 is 11.3 Å². The average Bonchev–Trinajstić information content (AvgIpc) is 3.43. The minimum Gasteiger partial charge on any atom is -0.493 e. The highest BCUT2D eigenvalue weighted by Crippen LogP contribution is 2.47. The molecule has 0 radical (unpaired) electrons. The number of hydrogen-bond acceptors (Lipinski definition) is 4. The third kappa shape index (κ3) is 2.71. The molecule has 1 N–H and O–H groups in total. The van der Waals surface area contributed by atoms with Gasteiger partial charge in [0.2, 0.25) is 0 Å². The van der Waals surface area contributed by atoms with E-state index in [0.717, 1.165) is 32.9 Å². The van der Waals surface area contributed by atoms with E-state index in [1.807, 2.05) is 66.9 Å². The molecule has 4 aromatic rings. The van der Waals surface area contributed by atoms with E-state index in [1.165, 1.54) is 0 Å². The van der Waals surface area contributed by atoms with E-state index < -0.39 is 6.10 Å². The number of rotatable bonds is 5. The normalized spacial score (nSPS) is 14.6. The molecule has 2 aromatic heterocycles. The van der Waals surface area contributed by atoms with Gasteiger partial charge in [0.05, 0.1) is 23.4 Å². The molecule has 28 heavy (non-hydrogen) atoms. The van der Waals surface area contributed by atoms with Gasteiger partial charge in [0.1, 0.15) is 12.7 Å². The molecule has 0 aliphatic carbocycles. The van der Waals surface area contributed by atoms with E-state index in [4.69, 9.17) is 9.47 Å². The Hall–Kier alpha value is -3.02. The van der Waals surface area contributed by atoms with Crippen molar-refractivity contribution in [2.75, 3.05) is 7.11 Å². The van der Waals surface area contributed by atoms with Gasteiger partial charge in [0, 0.05) is 17.1 Å². The lowest BCUT2D eigenvalue weighted by molar-refractivity contribution is 0.225. The molecule has 140 valence electrons. The van der Waals surface area contributed by atoms with Crippen LogP contribution in [0.25, 0.3) is 16.8 Å². The quantitative estimate of drug-likeness (QED) is 0.511. The van der Waals surface area contributed by atoms with Crippen molar-refractivity contribution >= 4 is 11.3 Å². The molecule has 1 aliphatic rings. The fraction of sp³-hybridized carbons (Fsp3) is 0.130. The Morgan fingerprint density at radius 1 is 1.04 bits per heavy atom. The first kappa shape index (κ1) is 17.1. The van der Waals surface area contributed by atoms with Crippen molar-refractivity contribution in [1.29, 1.82) is 0 Å². The zero-order valence-corrected chi connectivity index (χ0v) is 16.1. The van der Waals surface area contributed by atoms with Crippen molar-refractivity contribution in [2.24, 2.45) is 0 Å². The van der Waals surface area contributed by atoms with Gasteiger partial charge in [-0.25, -0.2) is 0 Å². The van der Waals surface area contributed by atoms with Crippen LogP contribution in [0, 0.1) is 0 Å². The van der Waals surface area contributed by atoms with Crippen molar-refractivity contribution in [3.8, 4) is 28.3 Å². The second kappa shape index (κ2) is 6.86. The summed E-state index contributed by atoms with van der Waals surface area (Å²) in [6.07, 6.45) is 1.44. The number of aliphatic hydroxyl groups excluding tert-OH is 1. The van der Waals surface area contributed by atoms with Gasteiger partial charge in [-0.1, -0.05) is 36.4 Å². The molecule has 3 heterocycles. The number of aromatic nitrogens is 1. The summed E-state index contributed by atoms with van der Waals surface area (Å²) >= 11 is 1.59. The smallest absolute Gasteiger partial charge is 0.162 e. The molecule has 4 nitrogen and oxygen atoms in total. The Bertz CT molecular complexity index is 1130. The van der Waals surface area contributed by atoms with E-state index in [2.05, 4.69) is 9.95 Å². The molecule has 0 bridgehead atoms. The largest absolute Gasteiger partial charge is 0.493 e. The van der Waals surface area contributed by atoms with Gasteiger partial charge in [0.25, 0.3) is 0 Å². The molecule has 0 fully saturated rings. The fourth-order valence-electron chi connectivity index (χ4n) is 3.66. The van der Waals surface area contributed by atoms with Crippen molar-refractivity contribution in [2.45, 2.75) is 12.7 Å². The lowest BCUT2D eigenvalue weighted by atomic mass is 10.1. The highest BCUT2D eigenvalue weighted by Gasteiger charge is 2.31. The second-order valence-electron chi connectivity index (χ2n) is 6.71. The first-order valence-corrected chi connectivity index (χ1v) is 9.96. The number of aliphatic hydroxyl groups is 1. The predicted octanol–water partition coefficient (Wildman–Crippen LogP) is 5.19. The lowest BCUT2D eigenvalue weighted by Gasteiger charge is -2.13. The summed E-state index contributed by atoms with van der Waals surface area (Å²) in [6.45, 7) is 0.475. The molecule has 0 amide bonds. The summed E-state index contributed by atoms with van der Waals surface area (Å²) in [4.78, 5) is 0.980. The van der Waals surface area contributed by atoms with Crippen LogP contribution in [0.2, 0.25) is 0 Å². The fourth-order valence-corrected chi connectivity index (χ4v) is 4.72. The van der Waals surface area contributed by atoms with E-state index in [1.54, 1.807) is 18.4 Å². The molecule has 1 aliphatic heterocycles. The molecule has 0 saturated carbocycles. The molecule has 1 atom stereocenters. The van der Waals surface area contributed by atoms with Gasteiger partial charge in [-0.15, -0.1) is 11.3 Å². The van der Waals surface area contributed by atoms with Crippen LogP contribution in [0.5, 0.6) is 11.5 Å². The summed E-state index contributed by atoms with van der Waals surface area (Å²) in [7, 11) is 1.65. The third-order valence-corrected chi connectivity index (χ3v) is 6.08. The second-order valence-corrected chi connectivity index (χ2v) is 7.62. The molecule has 1 unspecified atom stereocenters. The molecule has 2 aromatic carbocycles. The van der Waals surface area contributed by atoms with Crippen molar-refractivity contribution in [1.82, 2.24) is 4.57 Å². The highest BCUT2D eigenvalue weighted by atomic mass is 32.1. The average molecular weight is 389 g/mol. The van der Waals surface area contributed by atoms with Crippen LogP contribution in [-0.2, 0) is 6.61 Å². The van der Waals surface area contributed by atoms with Crippen molar-refractivity contribution in [3.05, 3.63) is 88.4 Å². The molecular weight excluding hydrogens is 370 g/mol. The number of ether oxygens (including phenoxy) is 2. The summed E-state index contributed by atoms with van der Waals surface area (Å²) in [5.74, 6) is 1.41. The Balaban J connectivity index is 1.52. The van der Waals surface area contributed by atoms with Crippen LogP contribution in [0.4, 0.5) is 0 Å². The van der Waals surface area contributed by atoms with Crippen LogP contribution in [0.1, 0.15) is 22.2 Å². The Morgan fingerprint density at radius 2 is 1.89 bits per heavy atom. The number of methoxy groups -OCH3 is 1. The SMILES string of the molecule is COc1ccc(-c2csc3c2-n2cccc2C3O)cc1OCc1ccccc1. The standard InChI is InChI=1S/C23H19NO3S/c1-26-19-10-9-16(12-20(19)27-13-15-6-3-2-4-7-15)17-14-28-23-21(17)24-11-5-8-18(24)22(23)25/h2-12,14,22,25H,13H2,1H3. The summed E-state index contributed by atoms with van der Waals surface area (Å²) in [5.41, 5.74) is 5.19. The van der Waals surface area contributed by atoms with Gasteiger partial charge in [0.15, 0.2) is 11.5 Å².